The molecule has 0 spiro atoms. The van der Waals surface area contributed by atoms with E-state index in [-0.39, 0.29) is 23.7 Å². The number of ether oxygens (including phenoxy) is 1. The molecule has 1 aromatic heterocycles. The summed E-state index contributed by atoms with van der Waals surface area (Å²) in [5, 5.41) is 4.16. The summed E-state index contributed by atoms with van der Waals surface area (Å²) in [7, 11) is 0. The highest BCUT2D eigenvalue weighted by Crippen LogP contribution is 2.41. The Balaban J connectivity index is 1.54. The number of carbonyl (C=O) groups is 1. The van der Waals surface area contributed by atoms with E-state index in [1.54, 1.807) is 0 Å². The van der Waals surface area contributed by atoms with E-state index < -0.39 is 0 Å². The van der Waals surface area contributed by atoms with E-state index in [2.05, 4.69) is 34.1 Å². The van der Waals surface area contributed by atoms with Gasteiger partial charge in [-0.05, 0) is 42.0 Å². The molecule has 4 rings (SSSR count). The van der Waals surface area contributed by atoms with Crippen LogP contribution in [0.25, 0.3) is 11.5 Å². The first kappa shape index (κ1) is 16.8. The second-order valence-corrected chi connectivity index (χ2v) is 7.02. The number of esters is 1. The average molecular weight is 353 g/mol. The van der Waals surface area contributed by atoms with E-state index in [0.717, 1.165) is 18.7 Å². The Morgan fingerprint density at radius 3 is 2.85 bits per heavy atom. The van der Waals surface area contributed by atoms with Crippen LogP contribution in [-0.2, 0) is 9.53 Å². The Labute approximate surface area is 152 Å². The van der Waals surface area contributed by atoms with Crippen LogP contribution >= 0.6 is 0 Å². The Morgan fingerprint density at radius 2 is 2.08 bits per heavy atom. The fourth-order valence-corrected chi connectivity index (χ4v) is 4.10. The van der Waals surface area contributed by atoms with Gasteiger partial charge in [0.1, 0.15) is 0 Å². The molecule has 1 aliphatic heterocycles. The topological polar surface area (TPSA) is 68.5 Å². The minimum Gasteiger partial charge on any atom is -0.466 e. The monoisotopic (exact) mass is 353 g/mol. The van der Waals surface area contributed by atoms with Crippen molar-refractivity contribution < 1.29 is 14.1 Å². The zero-order valence-electron chi connectivity index (χ0n) is 15.0. The molecular formula is C20H23N3O3. The van der Waals surface area contributed by atoms with Crippen LogP contribution < -0.4 is 4.90 Å². The van der Waals surface area contributed by atoms with Crippen molar-refractivity contribution in [2.45, 2.75) is 13.8 Å². The number of fused-ring (bicyclic) bond motifs is 1. The number of carbonyl (C=O) groups excluding carboxylic acids is 1. The molecular weight excluding hydrogens is 330 g/mol. The molecule has 6 nitrogen and oxygen atoms in total. The van der Waals surface area contributed by atoms with E-state index in [4.69, 9.17) is 9.26 Å². The Hall–Kier alpha value is -2.63. The first-order chi connectivity index (χ1) is 12.7. The van der Waals surface area contributed by atoms with Crippen molar-refractivity contribution >= 4 is 11.9 Å². The summed E-state index contributed by atoms with van der Waals surface area (Å²) >= 11 is 0. The second kappa shape index (κ2) is 6.94. The van der Waals surface area contributed by atoms with Crippen LogP contribution in [0.1, 0.15) is 13.8 Å². The fraction of sp³-hybridized carbons (Fsp3) is 0.450. The van der Waals surface area contributed by atoms with E-state index >= 15 is 0 Å². The van der Waals surface area contributed by atoms with Gasteiger partial charge in [-0.15, -0.1) is 0 Å². The summed E-state index contributed by atoms with van der Waals surface area (Å²) in [5.41, 5.74) is 0.904. The zero-order chi connectivity index (χ0) is 18.1. The smallest absolute Gasteiger partial charge is 0.309 e. The van der Waals surface area contributed by atoms with Crippen molar-refractivity contribution in [3.8, 4) is 11.5 Å². The fourth-order valence-electron chi connectivity index (χ4n) is 4.10. The molecule has 0 bridgehead atoms. The maximum Gasteiger partial charge on any atom is 0.309 e. The van der Waals surface area contributed by atoms with Gasteiger partial charge < -0.3 is 14.2 Å². The SMILES string of the molecule is CCOC(=O)[C@@H]1[C@H]2CN(c3noc(-c4ccccc4)n3)C[C@@H]2C=C[C@@H]1C. The number of hydrogen-bond donors (Lipinski definition) is 0. The first-order valence-electron chi connectivity index (χ1n) is 9.16. The third-order valence-corrected chi connectivity index (χ3v) is 5.38. The van der Waals surface area contributed by atoms with Crippen molar-refractivity contribution in [2.24, 2.45) is 23.7 Å². The molecule has 1 saturated heterocycles. The van der Waals surface area contributed by atoms with Gasteiger partial charge in [0.25, 0.3) is 11.8 Å². The lowest BCUT2D eigenvalue weighted by atomic mass is 9.72. The molecule has 0 radical (unpaired) electrons. The van der Waals surface area contributed by atoms with Gasteiger partial charge in [-0.2, -0.15) is 4.98 Å². The minimum atomic E-state index is -0.115. The van der Waals surface area contributed by atoms with Gasteiger partial charge in [-0.3, -0.25) is 4.79 Å². The molecule has 0 amide bonds. The standard InChI is InChI=1S/C20H23N3O3/c1-3-25-19(24)17-13(2)9-10-15-11-23(12-16(15)17)20-21-18(26-22-20)14-7-5-4-6-8-14/h4-10,13,15-17H,3,11-12H2,1-2H3/t13-,15-,16-,17-/m0/s1. The van der Waals surface area contributed by atoms with Crippen LogP contribution in [0.5, 0.6) is 0 Å². The molecule has 0 N–H and O–H groups in total. The van der Waals surface area contributed by atoms with Crippen LogP contribution in [0.2, 0.25) is 0 Å². The number of nitrogens with zero attached hydrogens (tertiary/aromatic N) is 3. The van der Waals surface area contributed by atoms with Crippen molar-refractivity contribution in [3.63, 3.8) is 0 Å². The quantitative estimate of drug-likeness (QED) is 0.621. The molecule has 6 heteroatoms. The lowest BCUT2D eigenvalue weighted by Crippen LogP contribution is -2.37. The summed E-state index contributed by atoms with van der Waals surface area (Å²) in [4.78, 5) is 19.1. The number of benzene rings is 1. The summed E-state index contributed by atoms with van der Waals surface area (Å²) in [6.45, 7) is 5.87. The van der Waals surface area contributed by atoms with E-state index in [1.807, 2.05) is 37.3 Å². The van der Waals surface area contributed by atoms with Crippen LogP contribution in [0.4, 0.5) is 5.95 Å². The van der Waals surface area contributed by atoms with Gasteiger partial charge in [0.05, 0.1) is 12.5 Å². The highest BCUT2D eigenvalue weighted by Gasteiger charge is 2.45. The molecule has 1 aromatic carbocycles. The van der Waals surface area contributed by atoms with E-state index in [9.17, 15) is 4.79 Å². The minimum absolute atomic E-state index is 0.0979. The largest absolute Gasteiger partial charge is 0.466 e. The van der Waals surface area contributed by atoms with Gasteiger partial charge >= 0.3 is 5.97 Å². The number of rotatable bonds is 4. The maximum absolute atomic E-state index is 12.5. The van der Waals surface area contributed by atoms with E-state index in [0.29, 0.717) is 24.4 Å². The predicted molar refractivity (Wildman–Crippen MR) is 97.4 cm³/mol. The van der Waals surface area contributed by atoms with Gasteiger partial charge in [0, 0.05) is 18.7 Å². The van der Waals surface area contributed by atoms with Gasteiger partial charge in [0.2, 0.25) is 0 Å². The summed E-state index contributed by atoms with van der Waals surface area (Å²) in [5.74, 6) is 1.59. The second-order valence-electron chi connectivity index (χ2n) is 7.02. The normalized spacial score (nSPS) is 27.4. The lowest BCUT2D eigenvalue weighted by Gasteiger charge is -2.31. The van der Waals surface area contributed by atoms with Crippen molar-refractivity contribution in [1.82, 2.24) is 10.1 Å². The van der Waals surface area contributed by atoms with Crippen LogP contribution in [-0.4, -0.2) is 35.8 Å². The van der Waals surface area contributed by atoms with Crippen molar-refractivity contribution in [1.29, 1.82) is 0 Å². The molecule has 2 aliphatic rings. The van der Waals surface area contributed by atoms with Crippen molar-refractivity contribution in [2.75, 3.05) is 24.6 Å². The maximum atomic E-state index is 12.5. The van der Waals surface area contributed by atoms with Gasteiger partial charge in [-0.1, -0.05) is 37.3 Å². The molecule has 26 heavy (non-hydrogen) atoms. The molecule has 1 aliphatic carbocycles. The third kappa shape index (κ3) is 3.00. The average Bonchev–Trinajstić information content (AvgIpc) is 3.29. The van der Waals surface area contributed by atoms with Gasteiger partial charge in [-0.25, -0.2) is 0 Å². The Morgan fingerprint density at radius 1 is 1.27 bits per heavy atom. The molecule has 0 saturated carbocycles. The summed E-state index contributed by atoms with van der Waals surface area (Å²) in [6.07, 6.45) is 4.36. The van der Waals surface area contributed by atoms with Crippen LogP contribution in [0.3, 0.4) is 0 Å². The zero-order valence-corrected chi connectivity index (χ0v) is 15.0. The van der Waals surface area contributed by atoms with Gasteiger partial charge in [0.15, 0.2) is 0 Å². The Bertz CT molecular complexity index is 802. The predicted octanol–water partition coefficient (Wildman–Crippen LogP) is 3.17. The highest BCUT2D eigenvalue weighted by atomic mass is 16.5. The molecule has 2 aromatic rings. The Kier molecular flexibility index (Phi) is 4.49. The third-order valence-electron chi connectivity index (χ3n) is 5.38. The number of aromatic nitrogens is 2. The molecule has 2 heterocycles. The first-order valence-corrected chi connectivity index (χ1v) is 9.16. The van der Waals surface area contributed by atoms with E-state index in [1.165, 1.54) is 0 Å². The summed E-state index contributed by atoms with van der Waals surface area (Å²) < 4.78 is 10.8. The highest BCUT2D eigenvalue weighted by molar-refractivity contribution is 5.74. The number of anilines is 1. The molecule has 136 valence electrons. The molecule has 1 fully saturated rings. The van der Waals surface area contributed by atoms with Crippen molar-refractivity contribution in [3.05, 3.63) is 42.5 Å². The summed E-state index contributed by atoms with van der Waals surface area (Å²) in [6, 6.07) is 9.74. The van der Waals surface area contributed by atoms with Crippen LogP contribution in [0.15, 0.2) is 47.0 Å². The van der Waals surface area contributed by atoms with Crippen LogP contribution in [0, 0.1) is 23.7 Å². The number of hydrogen-bond acceptors (Lipinski definition) is 6. The molecule has 4 atom stereocenters. The number of allylic oxidation sites excluding steroid dienone is 1. The molecule has 0 unspecified atom stereocenters. The lowest BCUT2D eigenvalue weighted by molar-refractivity contribution is -0.151.